The molecule has 5 heteroatoms. The van der Waals surface area contributed by atoms with E-state index in [4.69, 9.17) is 4.74 Å². The second-order valence-electron chi connectivity index (χ2n) is 5.09. The SMILES string of the molecule is CN(C)C1=NCCN(C(=O)OC(C)(C)C)C1. The first-order chi connectivity index (χ1) is 7.29. The lowest BCUT2D eigenvalue weighted by molar-refractivity contribution is 0.0273. The molecule has 92 valence electrons. The molecule has 16 heavy (non-hydrogen) atoms. The van der Waals surface area contributed by atoms with Crippen molar-refractivity contribution in [3.63, 3.8) is 0 Å². The van der Waals surface area contributed by atoms with Crippen molar-refractivity contribution in [3.05, 3.63) is 0 Å². The number of amides is 1. The van der Waals surface area contributed by atoms with Gasteiger partial charge in [0.1, 0.15) is 11.4 Å². The normalized spacial score (nSPS) is 16.8. The minimum Gasteiger partial charge on any atom is -0.444 e. The maximum atomic E-state index is 11.8. The molecule has 0 aliphatic carbocycles. The van der Waals surface area contributed by atoms with Crippen molar-refractivity contribution in [2.45, 2.75) is 26.4 Å². The van der Waals surface area contributed by atoms with Gasteiger partial charge in [-0.15, -0.1) is 0 Å². The third-order valence-corrected chi connectivity index (χ3v) is 2.16. The molecule has 1 rings (SSSR count). The van der Waals surface area contributed by atoms with Gasteiger partial charge < -0.3 is 9.64 Å². The third kappa shape index (κ3) is 3.72. The molecule has 1 aliphatic rings. The number of hydrogen-bond donors (Lipinski definition) is 0. The summed E-state index contributed by atoms with van der Waals surface area (Å²) in [5.74, 6) is 0.914. The van der Waals surface area contributed by atoms with E-state index in [1.54, 1.807) is 4.90 Å². The number of likely N-dealkylation sites (N-methyl/N-ethyl adjacent to an activating group) is 1. The van der Waals surface area contributed by atoms with Crippen LogP contribution in [0.2, 0.25) is 0 Å². The van der Waals surface area contributed by atoms with Crippen LogP contribution in [-0.2, 0) is 4.74 Å². The standard InChI is InChI=1S/C11H21N3O2/c1-11(2,3)16-10(15)14-7-6-12-9(8-14)13(4)5/h6-8H2,1-5H3. The van der Waals surface area contributed by atoms with Crippen LogP contribution in [0.15, 0.2) is 4.99 Å². The van der Waals surface area contributed by atoms with E-state index in [1.165, 1.54) is 0 Å². The second kappa shape index (κ2) is 4.72. The van der Waals surface area contributed by atoms with E-state index in [2.05, 4.69) is 4.99 Å². The summed E-state index contributed by atoms with van der Waals surface area (Å²) >= 11 is 0. The molecule has 0 saturated carbocycles. The third-order valence-electron chi connectivity index (χ3n) is 2.16. The highest BCUT2D eigenvalue weighted by Gasteiger charge is 2.25. The van der Waals surface area contributed by atoms with Gasteiger partial charge in [-0.3, -0.25) is 9.89 Å². The highest BCUT2D eigenvalue weighted by molar-refractivity contribution is 5.87. The summed E-state index contributed by atoms with van der Waals surface area (Å²) in [5.41, 5.74) is -0.441. The summed E-state index contributed by atoms with van der Waals surface area (Å²) < 4.78 is 5.32. The van der Waals surface area contributed by atoms with E-state index in [1.807, 2.05) is 39.8 Å². The van der Waals surface area contributed by atoms with Gasteiger partial charge in [-0.25, -0.2) is 4.79 Å². The predicted molar refractivity (Wildman–Crippen MR) is 63.8 cm³/mol. The van der Waals surface area contributed by atoms with E-state index >= 15 is 0 Å². The quantitative estimate of drug-likeness (QED) is 0.624. The Hall–Kier alpha value is -1.26. The van der Waals surface area contributed by atoms with Gasteiger partial charge in [0.15, 0.2) is 0 Å². The molecule has 1 amide bonds. The zero-order chi connectivity index (χ0) is 12.3. The van der Waals surface area contributed by atoms with Crippen LogP contribution in [-0.4, -0.2) is 61.1 Å². The molecular formula is C11H21N3O2. The summed E-state index contributed by atoms with van der Waals surface area (Å²) in [7, 11) is 3.86. The minimum atomic E-state index is -0.441. The number of carbonyl (C=O) groups excluding carboxylic acids is 1. The van der Waals surface area contributed by atoms with Crippen LogP contribution in [0, 0.1) is 0 Å². The number of carbonyl (C=O) groups is 1. The van der Waals surface area contributed by atoms with Crippen LogP contribution in [0.3, 0.4) is 0 Å². The van der Waals surface area contributed by atoms with Crippen molar-refractivity contribution >= 4 is 11.9 Å². The van der Waals surface area contributed by atoms with Gasteiger partial charge in [0.25, 0.3) is 0 Å². The molecule has 0 aromatic rings. The number of aliphatic imine (C=N–C) groups is 1. The fourth-order valence-corrected chi connectivity index (χ4v) is 1.36. The Morgan fingerprint density at radius 1 is 1.44 bits per heavy atom. The van der Waals surface area contributed by atoms with Crippen LogP contribution in [0.5, 0.6) is 0 Å². The Balaban J connectivity index is 2.57. The Labute approximate surface area is 97.1 Å². The molecular weight excluding hydrogens is 206 g/mol. The van der Waals surface area contributed by atoms with Crippen molar-refractivity contribution in [1.82, 2.24) is 9.80 Å². The fourth-order valence-electron chi connectivity index (χ4n) is 1.36. The van der Waals surface area contributed by atoms with Gasteiger partial charge in [0.05, 0.1) is 13.1 Å². The summed E-state index contributed by atoms with van der Waals surface area (Å²) in [6.45, 7) is 7.42. The van der Waals surface area contributed by atoms with E-state index in [9.17, 15) is 4.79 Å². The first-order valence-electron chi connectivity index (χ1n) is 5.48. The lowest BCUT2D eigenvalue weighted by Crippen LogP contribution is -2.46. The van der Waals surface area contributed by atoms with Crippen LogP contribution >= 0.6 is 0 Å². The van der Waals surface area contributed by atoms with Crippen LogP contribution in [0.25, 0.3) is 0 Å². The summed E-state index contributed by atoms with van der Waals surface area (Å²) in [6, 6.07) is 0. The topological polar surface area (TPSA) is 45.1 Å². The zero-order valence-electron chi connectivity index (χ0n) is 10.8. The van der Waals surface area contributed by atoms with Gasteiger partial charge in [-0.05, 0) is 20.8 Å². The van der Waals surface area contributed by atoms with Crippen molar-refractivity contribution in [2.24, 2.45) is 4.99 Å². The summed E-state index contributed by atoms with van der Waals surface area (Å²) in [5, 5.41) is 0. The molecule has 0 unspecified atom stereocenters. The second-order valence-corrected chi connectivity index (χ2v) is 5.09. The van der Waals surface area contributed by atoms with E-state index in [0.717, 1.165) is 5.84 Å². The van der Waals surface area contributed by atoms with Gasteiger partial charge >= 0.3 is 6.09 Å². The Kier molecular flexibility index (Phi) is 3.78. The molecule has 0 atom stereocenters. The molecule has 0 fully saturated rings. The number of ether oxygens (including phenoxy) is 1. The van der Waals surface area contributed by atoms with Crippen LogP contribution < -0.4 is 0 Å². The smallest absolute Gasteiger partial charge is 0.410 e. The number of nitrogens with zero attached hydrogens (tertiary/aromatic N) is 3. The van der Waals surface area contributed by atoms with Crippen molar-refractivity contribution in [1.29, 1.82) is 0 Å². The van der Waals surface area contributed by atoms with Gasteiger partial charge in [-0.2, -0.15) is 0 Å². The van der Waals surface area contributed by atoms with Crippen molar-refractivity contribution in [3.8, 4) is 0 Å². The maximum absolute atomic E-state index is 11.8. The first-order valence-corrected chi connectivity index (χ1v) is 5.48. The lowest BCUT2D eigenvalue weighted by atomic mass is 10.2. The predicted octanol–water partition coefficient (Wildman–Crippen LogP) is 1.20. The lowest BCUT2D eigenvalue weighted by Gasteiger charge is -2.31. The molecule has 0 spiro atoms. The van der Waals surface area contributed by atoms with Crippen molar-refractivity contribution < 1.29 is 9.53 Å². The Bertz CT molecular complexity index is 292. The van der Waals surface area contributed by atoms with Crippen LogP contribution in [0.1, 0.15) is 20.8 Å². The fraction of sp³-hybridized carbons (Fsp3) is 0.818. The molecule has 0 radical (unpaired) electrons. The zero-order valence-corrected chi connectivity index (χ0v) is 10.8. The van der Waals surface area contributed by atoms with Gasteiger partial charge in [-0.1, -0.05) is 0 Å². The van der Waals surface area contributed by atoms with Crippen molar-refractivity contribution in [2.75, 3.05) is 33.7 Å². The number of amidine groups is 1. The first kappa shape index (κ1) is 12.8. The van der Waals surface area contributed by atoms with Crippen LogP contribution in [0.4, 0.5) is 4.79 Å². The molecule has 0 aromatic carbocycles. The maximum Gasteiger partial charge on any atom is 0.410 e. The van der Waals surface area contributed by atoms with E-state index in [0.29, 0.717) is 19.6 Å². The number of rotatable bonds is 0. The highest BCUT2D eigenvalue weighted by Crippen LogP contribution is 2.11. The van der Waals surface area contributed by atoms with E-state index < -0.39 is 5.60 Å². The van der Waals surface area contributed by atoms with E-state index in [-0.39, 0.29) is 6.09 Å². The molecule has 1 heterocycles. The highest BCUT2D eigenvalue weighted by atomic mass is 16.6. The molecule has 5 nitrogen and oxygen atoms in total. The Morgan fingerprint density at radius 2 is 2.06 bits per heavy atom. The average molecular weight is 227 g/mol. The largest absolute Gasteiger partial charge is 0.444 e. The minimum absolute atomic E-state index is 0.262. The monoisotopic (exact) mass is 227 g/mol. The number of hydrogen-bond acceptors (Lipinski definition) is 4. The Morgan fingerprint density at radius 3 is 2.56 bits per heavy atom. The molecule has 0 aromatic heterocycles. The van der Waals surface area contributed by atoms with Gasteiger partial charge in [0.2, 0.25) is 0 Å². The molecule has 1 aliphatic heterocycles. The summed E-state index contributed by atoms with van der Waals surface area (Å²) in [4.78, 5) is 19.8. The average Bonchev–Trinajstić information content (AvgIpc) is 2.15. The van der Waals surface area contributed by atoms with Gasteiger partial charge in [0, 0.05) is 20.6 Å². The molecule has 0 saturated heterocycles. The molecule has 0 N–H and O–H groups in total. The summed E-state index contributed by atoms with van der Waals surface area (Å²) in [6.07, 6.45) is -0.262. The molecule has 0 bridgehead atoms.